The van der Waals surface area contributed by atoms with Gasteiger partial charge in [-0.2, -0.15) is 4.57 Å². The monoisotopic (exact) mass is 298 g/mol. The average molecular weight is 298 g/mol. The van der Waals surface area contributed by atoms with Gasteiger partial charge in [0.2, 0.25) is 6.54 Å². The van der Waals surface area contributed by atoms with Crippen molar-refractivity contribution in [1.29, 1.82) is 0 Å². The van der Waals surface area contributed by atoms with Crippen LogP contribution >= 0.6 is 0 Å². The highest BCUT2D eigenvalue weighted by Crippen LogP contribution is 2.10. The molecule has 8 heteroatoms. The topological polar surface area (TPSA) is 110 Å². The van der Waals surface area contributed by atoms with Crippen LogP contribution in [0.15, 0.2) is 24.5 Å². The molecule has 1 aliphatic heterocycles. The number of pyridine rings is 1. The van der Waals surface area contributed by atoms with Gasteiger partial charge < -0.3 is 11.1 Å². The number of rotatable bonds is 4. The molecule has 0 spiro atoms. The Labute approximate surface area is 116 Å². The molecule has 0 saturated carbocycles. The summed E-state index contributed by atoms with van der Waals surface area (Å²) in [6, 6.07) is 2.85. The van der Waals surface area contributed by atoms with Gasteiger partial charge in [-0.3, -0.25) is 9.59 Å². The average Bonchev–Trinajstić information content (AvgIpc) is 2.68. The summed E-state index contributed by atoms with van der Waals surface area (Å²) in [6.45, 7) is 0.0116. The molecule has 0 aromatic carbocycles. The Balaban J connectivity index is 1.95. The van der Waals surface area contributed by atoms with Gasteiger partial charge in [0.05, 0.1) is 11.5 Å². The van der Waals surface area contributed by atoms with Gasteiger partial charge in [0.15, 0.2) is 22.2 Å². The van der Waals surface area contributed by atoms with Gasteiger partial charge in [-0.15, -0.1) is 0 Å². The standard InChI is InChI=1S/C12H15N3O4S/c13-12(17)9-2-1-4-15(6-9)7-11(16)14-10-3-5-20(18,19)8-10/h1-2,4,6,10H,3,5,7-8H2,(H2-,13,14,16,17)/p+1/t10-/m0/s1. The molecule has 1 aromatic heterocycles. The first-order valence-electron chi connectivity index (χ1n) is 6.14. The number of primary amides is 1. The van der Waals surface area contributed by atoms with Crippen molar-refractivity contribution < 1.29 is 22.6 Å². The Morgan fingerprint density at radius 1 is 1.45 bits per heavy atom. The van der Waals surface area contributed by atoms with Gasteiger partial charge >= 0.3 is 0 Å². The van der Waals surface area contributed by atoms with Gasteiger partial charge in [-0.05, 0) is 12.5 Å². The molecule has 20 heavy (non-hydrogen) atoms. The molecule has 108 valence electrons. The fourth-order valence-corrected chi connectivity index (χ4v) is 3.79. The molecular weight excluding hydrogens is 282 g/mol. The second-order valence-corrected chi connectivity index (χ2v) is 7.03. The van der Waals surface area contributed by atoms with Crippen LogP contribution in [0.2, 0.25) is 0 Å². The molecular formula is C12H16N3O4S+. The van der Waals surface area contributed by atoms with Crippen LogP contribution in [0.4, 0.5) is 0 Å². The summed E-state index contributed by atoms with van der Waals surface area (Å²) < 4.78 is 24.1. The van der Waals surface area contributed by atoms with Gasteiger partial charge in [0.25, 0.3) is 11.8 Å². The van der Waals surface area contributed by atoms with Crippen LogP contribution in [0, 0.1) is 0 Å². The molecule has 0 radical (unpaired) electrons. The minimum Gasteiger partial charge on any atom is -0.365 e. The zero-order chi connectivity index (χ0) is 14.8. The zero-order valence-corrected chi connectivity index (χ0v) is 11.6. The minimum atomic E-state index is -3.01. The number of aromatic nitrogens is 1. The zero-order valence-electron chi connectivity index (χ0n) is 10.8. The molecule has 2 heterocycles. The molecule has 7 nitrogen and oxygen atoms in total. The van der Waals surface area contributed by atoms with Crippen LogP contribution in [0.1, 0.15) is 16.8 Å². The number of carbonyl (C=O) groups excluding carboxylic acids is 2. The van der Waals surface area contributed by atoms with Crippen LogP contribution in [0.25, 0.3) is 0 Å². The van der Waals surface area contributed by atoms with Crippen molar-refractivity contribution in [2.24, 2.45) is 5.73 Å². The molecule has 1 fully saturated rings. The number of nitrogens with one attached hydrogen (secondary N) is 1. The maximum atomic E-state index is 11.8. The predicted octanol–water partition coefficient (Wildman–Crippen LogP) is -1.62. The first-order valence-corrected chi connectivity index (χ1v) is 7.96. The van der Waals surface area contributed by atoms with Crippen molar-refractivity contribution in [2.45, 2.75) is 19.0 Å². The Bertz CT molecular complexity index is 642. The van der Waals surface area contributed by atoms with E-state index in [1.54, 1.807) is 18.3 Å². The van der Waals surface area contributed by atoms with E-state index < -0.39 is 15.7 Å². The van der Waals surface area contributed by atoms with E-state index in [9.17, 15) is 18.0 Å². The predicted molar refractivity (Wildman–Crippen MR) is 70.4 cm³/mol. The van der Waals surface area contributed by atoms with Crippen LogP contribution in [-0.4, -0.2) is 37.8 Å². The van der Waals surface area contributed by atoms with E-state index in [4.69, 9.17) is 5.73 Å². The SMILES string of the molecule is NC(=O)c1ccc[n+](CC(=O)N[C@H]2CCS(=O)(=O)C2)c1. The maximum Gasteiger partial charge on any atom is 0.286 e. The fourth-order valence-electron chi connectivity index (χ4n) is 2.11. The number of carbonyl (C=O) groups is 2. The highest BCUT2D eigenvalue weighted by Gasteiger charge is 2.29. The Morgan fingerprint density at radius 3 is 2.80 bits per heavy atom. The number of nitrogens with two attached hydrogens (primary N) is 1. The summed E-state index contributed by atoms with van der Waals surface area (Å²) in [5, 5.41) is 2.68. The van der Waals surface area contributed by atoms with E-state index >= 15 is 0 Å². The number of amides is 2. The summed E-state index contributed by atoms with van der Waals surface area (Å²) in [5.74, 6) is -0.757. The molecule has 2 amide bonds. The van der Waals surface area contributed by atoms with Crippen molar-refractivity contribution >= 4 is 21.7 Å². The van der Waals surface area contributed by atoms with Crippen LogP contribution in [0.3, 0.4) is 0 Å². The molecule has 0 unspecified atom stereocenters. The second-order valence-electron chi connectivity index (χ2n) is 4.80. The maximum absolute atomic E-state index is 11.8. The normalized spacial score (nSPS) is 20.5. The van der Waals surface area contributed by atoms with Gasteiger partial charge in [0.1, 0.15) is 5.56 Å². The van der Waals surface area contributed by atoms with Gasteiger partial charge in [-0.1, -0.05) is 0 Å². The third kappa shape index (κ3) is 3.77. The number of nitrogens with zero attached hydrogens (tertiary/aromatic N) is 1. The van der Waals surface area contributed by atoms with Crippen molar-refractivity contribution in [3.05, 3.63) is 30.1 Å². The van der Waals surface area contributed by atoms with E-state index in [1.165, 1.54) is 10.8 Å². The molecule has 0 aliphatic carbocycles. The van der Waals surface area contributed by atoms with Gasteiger partial charge in [0, 0.05) is 12.1 Å². The lowest BCUT2D eigenvalue weighted by Crippen LogP contribution is -2.46. The van der Waals surface area contributed by atoms with E-state index in [0.717, 1.165) is 0 Å². The minimum absolute atomic E-state index is 0.00919. The number of hydrogen-bond donors (Lipinski definition) is 2. The molecule has 1 atom stereocenters. The first-order chi connectivity index (χ1) is 9.35. The van der Waals surface area contributed by atoms with E-state index in [-0.39, 0.29) is 30.0 Å². The highest BCUT2D eigenvalue weighted by atomic mass is 32.2. The molecule has 1 aliphatic rings. The van der Waals surface area contributed by atoms with Gasteiger partial charge in [-0.25, -0.2) is 8.42 Å². The largest absolute Gasteiger partial charge is 0.365 e. The summed E-state index contributed by atoms with van der Waals surface area (Å²) in [4.78, 5) is 22.8. The smallest absolute Gasteiger partial charge is 0.286 e. The molecule has 1 aromatic rings. The lowest BCUT2D eigenvalue weighted by Gasteiger charge is -2.08. The quantitative estimate of drug-likeness (QED) is 0.651. The van der Waals surface area contributed by atoms with Crippen molar-refractivity contribution in [2.75, 3.05) is 11.5 Å². The molecule has 0 bridgehead atoms. The van der Waals surface area contributed by atoms with E-state index in [2.05, 4.69) is 5.32 Å². The third-order valence-electron chi connectivity index (χ3n) is 3.07. The van der Waals surface area contributed by atoms with Crippen molar-refractivity contribution in [3.8, 4) is 0 Å². The van der Waals surface area contributed by atoms with Crippen LogP contribution in [-0.2, 0) is 21.2 Å². The van der Waals surface area contributed by atoms with Crippen molar-refractivity contribution in [3.63, 3.8) is 0 Å². The summed E-state index contributed by atoms with van der Waals surface area (Å²) in [6.07, 6.45) is 3.56. The summed E-state index contributed by atoms with van der Waals surface area (Å²) in [7, 11) is -3.01. The third-order valence-corrected chi connectivity index (χ3v) is 4.83. The Morgan fingerprint density at radius 2 is 2.20 bits per heavy atom. The molecule has 3 N–H and O–H groups in total. The fraction of sp³-hybridized carbons (Fsp3) is 0.417. The van der Waals surface area contributed by atoms with E-state index in [0.29, 0.717) is 12.0 Å². The summed E-state index contributed by atoms with van der Waals surface area (Å²) >= 11 is 0. The summed E-state index contributed by atoms with van der Waals surface area (Å²) in [5.41, 5.74) is 5.46. The van der Waals surface area contributed by atoms with Crippen LogP contribution in [0.5, 0.6) is 0 Å². The lowest BCUT2D eigenvalue weighted by molar-refractivity contribution is -0.684. The number of hydrogen-bond acceptors (Lipinski definition) is 4. The van der Waals surface area contributed by atoms with E-state index in [1.807, 2.05) is 0 Å². The van der Waals surface area contributed by atoms with Crippen LogP contribution < -0.4 is 15.6 Å². The lowest BCUT2D eigenvalue weighted by atomic mass is 10.2. The first kappa shape index (κ1) is 14.4. The van der Waals surface area contributed by atoms with Crippen molar-refractivity contribution in [1.82, 2.24) is 5.32 Å². The Kier molecular flexibility index (Phi) is 4.03. The molecule has 1 saturated heterocycles. The highest BCUT2D eigenvalue weighted by molar-refractivity contribution is 7.91. The molecule has 2 rings (SSSR count). The number of sulfone groups is 1. The Hall–Kier alpha value is -1.96. The second kappa shape index (κ2) is 5.58.